The van der Waals surface area contributed by atoms with Crippen LogP contribution in [0.1, 0.15) is 12.8 Å². The largest absolute Gasteiger partial charge is 0.234 e. The topological polar surface area (TPSA) is 12.0 Å². The van der Waals surface area contributed by atoms with Crippen molar-refractivity contribution in [2.24, 2.45) is 5.92 Å². The summed E-state index contributed by atoms with van der Waals surface area (Å²) in [6, 6.07) is 0. The summed E-state index contributed by atoms with van der Waals surface area (Å²) in [4.78, 5) is 2.48. The number of rotatable bonds is 6. The van der Waals surface area contributed by atoms with E-state index >= 15 is 0 Å². The van der Waals surface area contributed by atoms with Crippen molar-refractivity contribution in [3.8, 4) is 12.3 Å². The average Bonchev–Trinajstić information content (AvgIpc) is 2.16. The second-order valence-corrected chi connectivity index (χ2v) is 2.82. The lowest BCUT2D eigenvalue weighted by Gasteiger charge is -2.03. The van der Waals surface area contributed by atoms with Crippen molar-refractivity contribution in [3.63, 3.8) is 0 Å². The molecular weight excluding hydrogens is 189 g/mol. The van der Waals surface area contributed by atoms with Crippen LogP contribution in [0, 0.1) is 18.3 Å². The highest BCUT2D eigenvalue weighted by Gasteiger charge is 2.01. The molecule has 1 unspecified atom stereocenters. The Balaban J connectivity index is 3.91. The molecule has 3 heteroatoms. The van der Waals surface area contributed by atoms with Crippen LogP contribution >= 0.6 is 11.8 Å². The number of hydrogen-bond donors (Lipinski definition) is 1. The number of halogens is 2. The zero-order valence-electron chi connectivity index (χ0n) is 7.39. The summed E-state index contributed by atoms with van der Waals surface area (Å²) in [7, 11) is 0. The lowest BCUT2D eigenvalue weighted by Crippen LogP contribution is -2.03. The van der Waals surface area contributed by atoms with Gasteiger partial charge in [0.2, 0.25) is 0 Å². The van der Waals surface area contributed by atoms with Gasteiger partial charge in [-0.05, 0) is 36.8 Å². The minimum atomic E-state index is -0.373. The fourth-order valence-corrected chi connectivity index (χ4v) is 0.997. The highest BCUT2D eigenvalue weighted by molar-refractivity contribution is 6.13. The fourth-order valence-electron chi connectivity index (χ4n) is 0.864. The third-order valence-electron chi connectivity index (χ3n) is 1.56. The van der Waals surface area contributed by atoms with Gasteiger partial charge >= 0.3 is 0 Å². The molecule has 0 radical (unpaired) electrons. The second kappa shape index (κ2) is 7.85. The highest BCUT2D eigenvalue weighted by Crippen LogP contribution is 2.11. The predicted molar refractivity (Wildman–Crippen MR) is 54.8 cm³/mol. The van der Waals surface area contributed by atoms with E-state index in [1.54, 1.807) is 0 Å². The first-order valence-corrected chi connectivity index (χ1v) is 4.41. The maximum Gasteiger partial charge on any atom is 0.119 e. The molecule has 0 aromatic heterocycles. The molecule has 0 spiro atoms. The molecule has 1 N–H and O–H groups in total. The summed E-state index contributed by atoms with van der Waals surface area (Å²) in [6.07, 6.45) is 9.28. The Morgan fingerprint density at radius 3 is 2.92 bits per heavy atom. The quantitative estimate of drug-likeness (QED) is 0.302. The molecule has 0 bridgehead atoms. The maximum atomic E-state index is 12.7. The van der Waals surface area contributed by atoms with E-state index in [4.69, 9.17) is 18.2 Å². The Hall–Kier alpha value is -0.780. The van der Waals surface area contributed by atoms with Gasteiger partial charge in [0.1, 0.15) is 5.83 Å². The van der Waals surface area contributed by atoms with Gasteiger partial charge in [0.05, 0.1) is 0 Å². The van der Waals surface area contributed by atoms with Crippen LogP contribution in [0.25, 0.3) is 0 Å². The van der Waals surface area contributed by atoms with Gasteiger partial charge in [-0.2, -0.15) is 0 Å². The zero-order valence-corrected chi connectivity index (χ0v) is 8.15. The molecule has 0 aliphatic rings. The van der Waals surface area contributed by atoms with Crippen LogP contribution in [0.3, 0.4) is 0 Å². The number of hydrogen-bond acceptors (Lipinski definition) is 1. The van der Waals surface area contributed by atoms with Crippen LogP contribution < -0.4 is 4.84 Å². The molecule has 0 aromatic carbocycles. The first kappa shape index (κ1) is 12.2. The summed E-state index contributed by atoms with van der Waals surface area (Å²) in [6.45, 7) is 3.97. The summed E-state index contributed by atoms with van der Waals surface area (Å²) in [5.41, 5.74) is 0. The lowest BCUT2D eigenvalue weighted by molar-refractivity contribution is 0.618. The number of allylic oxidation sites excluding steroid dienone is 3. The van der Waals surface area contributed by atoms with Crippen molar-refractivity contribution in [2.75, 3.05) is 6.54 Å². The summed E-state index contributed by atoms with van der Waals surface area (Å²) in [5, 5.41) is 0. The second-order valence-electron chi connectivity index (χ2n) is 2.55. The van der Waals surface area contributed by atoms with Gasteiger partial charge < -0.3 is 0 Å². The number of terminal acetylenes is 1. The standard InChI is InChI=1S/C10H13ClFN/c1-3-9(6-5-7-13-11)8-10(12)4-2/h1,4,8-9,13H,2,5-7H2/b10-8+. The monoisotopic (exact) mass is 201 g/mol. The minimum Gasteiger partial charge on any atom is -0.234 e. The molecule has 72 valence electrons. The minimum absolute atomic E-state index is 0.178. The Kier molecular flexibility index (Phi) is 7.38. The van der Waals surface area contributed by atoms with Crippen LogP contribution in [0.5, 0.6) is 0 Å². The molecule has 0 saturated carbocycles. The van der Waals surface area contributed by atoms with Crippen molar-refractivity contribution in [1.82, 2.24) is 4.84 Å². The Labute approximate surface area is 83.8 Å². The molecule has 0 heterocycles. The third-order valence-corrected chi connectivity index (χ3v) is 1.74. The molecule has 0 saturated heterocycles. The first-order valence-electron chi connectivity index (χ1n) is 4.04. The van der Waals surface area contributed by atoms with Crippen molar-refractivity contribution in [2.45, 2.75) is 12.8 Å². The molecule has 0 aromatic rings. The van der Waals surface area contributed by atoms with Crippen LogP contribution in [-0.4, -0.2) is 6.54 Å². The van der Waals surface area contributed by atoms with E-state index in [9.17, 15) is 4.39 Å². The predicted octanol–water partition coefficient (Wildman–Crippen LogP) is 2.80. The van der Waals surface area contributed by atoms with Gasteiger partial charge in [-0.3, -0.25) is 0 Å². The van der Waals surface area contributed by atoms with Crippen LogP contribution in [0.4, 0.5) is 4.39 Å². The molecule has 0 aliphatic heterocycles. The molecule has 13 heavy (non-hydrogen) atoms. The smallest absolute Gasteiger partial charge is 0.119 e. The molecule has 1 atom stereocenters. The summed E-state index contributed by atoms with van der Waals surface area (Å²) >= 11 is 5.25. The first-order chi connectivity index (χ1) is 6.24. The fraction of sp³-hybridized carbons (Fsp3) is 0.400. The summed E-state index contributed by atoms with van der Waals surface area (Å²) < 4.78 is 12.7. The molecule has 1 nitrogen and oxygen atoms in total. The van der Waals surface area contributed by atoms with Gasteiger partial charge in [-0.15, -0.1) is 6.42 Å². The van der Waals surface area contributed by atoms with Crippen LogP contribution in [-0.2, 0) is 0 Å². The van der Waals surface area contributed by atoms with E-state index in [0.29, 0.717) is 6.54 Å². The van der Waals surface area contributed by atoms with E-state index in [0.717, 1.165) is 18.9 Å². The summed E-state index contributed by atoms with van der Waals surface area (Å²) in [5.74, 6) is 1.94. The molecule has 0 aliphatic carbocycles. The van der Waals surface area contributed by atoms with Crippen molar-refractivity contribution in [1.29, 1.82) is 0 Å². The highest BCUT2D eigenvalue weighted by atomic mass is 35.5. The third kappa shape index (κ3) is 6.39. The van der Waals surface area contributed by atoms with Gasteiger partial charge in [0.25, 0.3) is 0 Å². The average molecular weight is 202 g/mol. The molecular formula is C10H13ClFN. The lowest BCUT2D eigenvalue weighted by atomic mass is 10.0. The zero-order chi connectivity index (χ0) is 10.1. The van der Waals surface area contributed by atoms with Crippen molar-refractivity contribution < 1.29 is 4.39 Å². The van der Waals surface area contributed by atoms with Crippen molar-refractivity contribution in [3.05, 3.63) is 24.6 Å². The molecule has 0 rings (SSSR count). The van der Waals surface area contributed by atoms with Gasteiger partial charge in [-0.25, -0.2) is 9.23 Å². The SMILES string of the molecule is C#CC(/C=C(/F)C=C)CCCNCl. The van der Waals surface area contributed by atoms with Gasteiger partial charge in [0, 0.05) is 12.5 Å². The molecule has 0 fully saturated rings. The Morgan fingerprint density at radius 2 is 2.46 bits per heavy atom. The van der Waals surface area contributed by atoms with E-state index in [1.165, 1.54) is 6.08 Å². The van der Waals surface area contributed by atoms with E-state index in [2.05, 4.69) is 17.3 Å². The Bertz CT molecular complexity index is 217. The maximum absolute atomic E-state index is 12.7. The van der Waals surface area contributed by atoms with E-state index in [-0.39, 0.29) is 11.7 Å². The van der Waals surface area contributed by atoms with Gasteiger partial charge in [0.15, 0.2) is 0 Å². The van der Waals surface area contributed by atoms with Crippen molar-refractivity contribution >= 4 is 11.8 Å². The van der Waals surface area contributed by atoms with Crippen LogP contribution in [0.15, 0.2) is 24.6 Å². The van der Waals surface area contributed by atoms with E-state index < -0.39 is 0 Å². The normalized spacial score (nSPS) is 13.5. The Morgan fingerprint density at radius 1 is 1.77 bits per heavy atom. The molecule has 0 amide bonds. The van der Waals surface area contributed by atoms with E-state index in [1.807, 2.05) is 0 Å². The van der Waals surface area contributed by atoms with Crippen LogP contribution in [0.2, 0.25) is 0 Å². The van der Waals surface area contributed by atoms with Gasteiger partial charge in [-0.1, -0.05) is 12.5 Å². The number of nitrogens with one attached hydrogen (secondary N) is 1.